The third-order valence-corrected chi connectivity index (χ3v) is 3.20. The van der Waals surface area contributed by atoms with Crippen molar-refractivity contribution >= 4 is 17.7 Å². The average molecular weight is 353 g/mol. The first-order valence-corrected chi connectivity index (χ1v) is 7.69. The molecule has 0 unspecified atom stereocenters. The first-order valence-electron chi connectivity index (χ1n) is 7.69. The van der Waals surface area contributed by atoms with Crippen LogP contribution in [0.3, 0.4) is 0 Å². The number of aromatic nitrogens is 2. The maximum atomic E-state index is 12.3. The van der Waals surface area contributed by atoms with E-state index in [0.29, 0.717) is 17.3 Å². The molecule has 0 saturated heterocycles. The third-order valence-electron chi connectivity index (χ3n) is 3.20. The van der Waals surface area contributed by atoms with Crippen LogP contribution in [0.15, 0.2) is 59.4 Å². The Morgan fingerprint density at radius 2 is 2.04 bits per heavy atom. The fourth-order valence-corrected chi connectivity index (χ4v) is 2.07. The lowest BCUT2D eigenvalue weighted by molar-refractivity contribution is -0.119. The molecule has 8 heteroatoms. The highest BCUT2D eigenvalue weighted by Gasteiger charge is 2.16. The molecule has 0 fully saturated rings. The van der Waals surface area contributed by atoms with Gasteiger partial charge < -0.3 is 19.3 Å². The lowest BCUT2D eigenvalue weighted by Gasteiger charge is -2.10. The van der Waals surface area contributed by atoms with Gasteiger partial charge >= 0.3 is 5.97 Å². The van der Waals surface area contributed by atoms with E-state index in [1.165, 1.54) is 6.20 Å². The van der Waals surface area contributed by atoms with Gasteiger partial charge in [0, 0.05) is 12.3 Å². The Kier molecular flexibility index (Phi) is 5.23. The fourth-order valence-electron chi connectivity index (χ4n) is 2.07. The number of ether oxygens (including phenoxy) is 2. The molecule has 1 N–H and O–H groups in total. The molecular formula is C18H15N3O5. The Morgan fingerprint density at radius 1 is 1.19 bits per heavy atom. The largest absolute Gasteiger partial charge is 0.455 e. The fraction of sp³-hybridized carbons (Fsp3) is 0.111. The number of carbonyl (C=O) groups excluding carboxylic acids is 2. The highest BCUT2D eigenvalue weighted by atomic mass is 16.5. The van der Waals surface area contributed by atoms with E-state index in [2.05, 4.69) is 15.5 Å². The summed E-state index contributed by atoms with van der Waals surface area (Å²) >= 11 is 0. The summed E-state index contributed by atoms with van der Waals surface area (Å²) in [6, 6.07) is 11.5. The highest BCUT2D eigenvalue weighted by molar-refractivity contribution is 5.96. The second-order valence-electron chi connectivity index (χ2n) is 5.23. The summed E-state index contributed by atoms with van der Waals surface area (Å²) in [7, 11) is 0. The number of anilines is 1. The van der Waals surface area contributed by atoms with Gasteiger partial charge in [-0.2, -0.15) is 0 Å². The molecule has 132 valence electrons. The van der Waals surface area contributed by atoms with E-state index in [1.54, 1.807) is 55.6 Å². The normalized spacial score (nSPS) is 10.2. The predicted octanol–water partition coefficient (Wildman–Crippen LogP) is 2.97. The van der Waals surface area contributed by atoms with Crippen LogP contribution in [0.2, 0.25) is 0 Å². The van der Waals surface area contributed by atoms with E-state index < -0.39 is 18.5 Å². The summed E-state index contributed by atoms with van der Waals surface area (Å²) in [6.45, 7) is 1.23. The molecule has 3 aromatic rings. The lowest BCUT2D eigenvalue weighted by Crippen LogP contribution is -2.21. The summed E-state index contributed by atoms with van der Waals surface area (Å²) in [4.78, 5) is 28.1. The molecule has 0 aliphatic rings. The number of aryl methyl sites for hydroxylation is 1. The standard InChI is InChI=1S/C18H15N3O5/c1-12-9-16(21-26-12)20-17(22)11-24-18(23)14-6-2-3-7-15(14)25-13-5-4-8-19-10-13/h2-10H,11H2,1H3,(H,20,21,22). The first-order chi connectivity index (χ1) is 12.6. The van der Waals surface area contributed by atoms with Crippen LogP contribution in [0.5, 0.6) is 11.5 Å². The van der Waals surface area contributed by atoms with Crippen LogP contribution in [0.25, 0.3) is 0 Å². The van der Waals surface area contributed by atoms with Gasteiger partial charge in [-0.1, -0.05) is 17.3 Å². The zero-order chi connectivity index (χ0) is 18.4. The van der Waals surface area contributed by atoms with Gasteiger partial charge in [0.1, 0.15) is 22.8 Å². The molecule has 0 atom stereocenters. The number of hydrogen-bond acceptors (Lipinski definition) is 7. The number of esters is 1. The second-order valence-corrected chi connectivity index (χ2v) is 5.23. The number of nitrogens with zero attached hydrogens (tertiary/aromatic N) is 2. The summed E-state index contributed by atoms with van der Waals surface area (Å²) in [5.41, 5.74) is 0.196. The lowest BCUT2D eigenvalue weighted by atomic mass is 10.2. The van der Waals surface area contributed by atoms with Gasteiger partial charge in [0.25, 0.3) is 5.91 Å². The van der Waals surface area contributed by atoms with E-state index in [9.17, 15) is 9.59 Å². The molecule has 0 aliphatic heterocycles. The van der Waals surface area contributed by atoms with Gasteiger partial charge in [0.15, 0.2) is 12.4 Å². The molecule has 0 bridgehead atoms. The van der Waals surface area contributed by atoms with Gasteiger partial charge in [-0.25, -0.2) is 4.79 Å². The number of para-hydroxylation sites is 1. The highest BCUT2D eigenvalue weighted by Crippen LogP contribution is 2.25. The molecule has 0 radical (unpaired) electrons. The van der Waals surface area contributed by atoms with Crippen LogP contribution < -0.4 is 10.1 Å². The zero-order valence-electron chi connectivity index (χ0n) is 13.8. The van der Waals surface area contributed by atoms with Crippen LogP contribution in [0.4, 0.5) is 5.82 Å². The number of pyridine rings is 1. The summed E-state index contributed by atoms with van der Waals surface area (Å²) in [6.07, 6.45) is 3.14. The first kappa shape index (κ1) is 17.2. The van der Waals surface area contributed by atoms with Crippen molar-refractivity contribution in [3.63, 3.8) is 0 Å². The van der Waals surface area contributed by atoms with E-state index in [-0.39, 0.29) is 11.4 Å². The number of rotatable bonds is 6. The van der Waals surface area contributed by atoms with Gasteiger partial charge in [-0.05, 0) is 31.2 Å². The SMILES string of the molecule is Cc1cc(NC(=O)COC(=O)c2ccccc2Oc2cccnc2)no1. The molecule has 0 aliphatic carbocycles. The van der Waals surface area contributed by atoms with Crippen LogP contribution >= 0.6 is 0 Å². The summed E-state index contributed by atoms with van der Waals surface area (Å²) < 4.78 is 15.5. The van der Waals surface area contributed by atoms with Crippen molar-refractivity contribution in [2.24, 2.45) is 0 Å². The van der Waals surface area contributed by atoms with Gasteiger partial charge in [-0.15, -0.1) is 0 Å². The maximum absolute atomic E-state index is 12.3. The number of benzene rings is 1. The summed E-state index contributed by atoms with van der Waals surface area (Å²) in [5, 5.41) is 6.09. The Bertz CT molecular complexity index is 908. The quantitative estimate of drug-likeness (QED) is 0.679. The van der Waals surface area contributed by atoms with Crippen molar-refractivity contribution in [3.05, 3.63) is 66.2 Å². The zero-order valence-corrected chi connectivity index (χ0v) is 13.8. The maximum Gasteiger partial charge on any atom is 0.342 e. The molecular weight excluding hydrogens is 338 g/mol. The number of carbonyl (C=O) groups is 2. The second kappa shape index (κ2) is 7.93. The smallest absolute Gasteiger partial charge is 0.342 e. The van der Waals surface area contributed by atoms with E-state index in [0.717, 1.165) is 0 Å². The number of amides is 1. The minimum absolute atomic E-state index is 0.196. The minimum Gasteiger partial charge on any atom is -0.455 e. The monoisotopic (exact) mass is 353 g/mol. The topological polar surface area (TPSA) is 104 Å². The van der Waals surface area contributed by atoms with Crippen LogP contribution in [0.1, 0.15) is 16.1 Å². The Labute approximate surface area is 148 Å². The van der Waals surface area contributed by atoms with Gasteiger partial charge in [0.2, 0.25) is 0 Å². The average Bonchev–Trinajstić information content (AvgIpc) is 3.06. The van der Waals surface area contributed by atoms with Crippen molar-refractivity contribution in [2.45, 2.75) is 6.92 Å². The Hall–Kier alpha value is -3.68. The molecule has 1 aromatic carbocycles. The van der Waals surface area contributed by atoms with E-state index in [4.69, 9.17) is 14.0 Å². The molecule has 1 amide bonds. The third kappa shape index (κ3) is 4.44. The Balaban J connectivity index is 1.62. The molecule has 2 aromatic heterocycles. The molecule has 0 spiro atoms. The molecule has 3 rings (SSSR count). The van der Waals surface area contributed by atoms with Crippen molar-refractivity contribution in [3.8, 4) is 11.5 Å². The molecule has 8 nitrogen and oxygen atoms in total. The summed E-state index contributed by atoms with van der Waals surface area (Å²) in [5.74, 6) is 0.376. The van der Waals surface area contributed by atoms with Gasteiger partial charge in [0.05, 0.1) is 6.20 Å². The molecule has 26 heavy (non-hydrogen) atoms. The van der Waals surface area contributed by atoms with Crippen molar-refractivity contribution in [1.29, 1.82) is 0 Å². The predicted molar refractivity (Wildman–Crippen MR) is 90.9 cm³/mol. The minimum atomic E-state index is -0.684. The van der Waals surface area contributed by atoms with Crippen molar-refractivity contribution < 1.29 is 23.6 Å². The molecule has 2 heterocycles. The van der Waals surface area contributed by atoms with Crippen LogP contribution in [0, 0.1) is 6.92 Å². The van der Waals surface area contributed by atoms with Crippen molar-refractivity contribution in [1.82, 2.24) is 10.1 Å². The van der Waals surface area contributed by atoms with Crippen LogP contribution in [-0.2, 0) is 9.53 Å². The van der Waals surface area contributed by atoms with E-state index in [1.807, 2.05) is 0 Å². The number of hydrogen-bond donors (Lipinski definition) is 1. The Morgan fingerprint density at radius 3 is 2.77 bits per heavy atom. The molecule has 0 saturated carbocycles. The van der Waals surface area contributed by atoms with Gasteiger partial charge in [-0.3, -0.25) is 9.78 Å². The van der Waals surface area contributed by atoms with E-state index >= 15 is 0 Å². The number of nitrogens with one attached hydrogen (secondary N) is 1. The van der Waals surface area contributed by atoms with Crippen LogP contribution in [-0.4, -0.2) is 28.6 Å². The van der Waals surface area contributed by atoms with Crippen molar-refractivity contribution in [2.75, 3.05) is 11.9 Å².